The molecule has 0 radical (unpaired) electrons. The van der Waals surface area contributed by atoms with Crippen molar-refractivity contribution in [3.63, 3.8) is 0 Å². The predicted octanol–water partition coefficient (Wildman–Crippen LogP) is 3.96. The molecule has 0 fully saturated rings. The zero-order valence-corrected chi connectivity index (χ0v) is 15.4. The lowest BCUT2D eigenvalue weighted by atomic mass is 10.2. The van der Waals surface area contributed by atoms with Crippen LogP contribution in [0.25, 0.3) is 20.8 Å². The van der Waals surface area contributed by atoms with Crippen LogP contribution in [-0.2, 0) is 9.53 Å². The van der Waals surface area contributed by atoms with Crippen LogP contribution >= 0.6 is 11.3 Å². The number of rotatable bonds is 5. The third-order valence-corrected chi connectivity index (χ3v) is 4.70. The van der Waals surface area contributed by atoms with Crippen LogP contribution in [0.2, 0.25) is 0 Å². The molecule has 0 bridgehead atoms. The SMILES string of the molecule is CCOC(=O)CNC(=O)Nc1ccc(-c2nc3ccc(C)cc3s2)cc1. The number of hydrogen-bond acceptors (Lipinski definition) is 5. The molecule has 2 amide bonds. The second-order valence-electron chi connectivity index (χ2n) is 5.68. The van der Waals surface area contributed by atoms with Crippen LogP contribution in [0.5, 0.6) is 0 Å². The first-order valence-corrected chi connectivity index (χ1v) is 9.05. The van der Waals surface area contributed by atoms with Crippen molar-refractivity contribution in [2.24, 2.45) is 0 Å². The number of aromatic nitrogens is 1. The molecule has 0 atom stereocenters. The molecule has 0 unspecified atom stereocenters. The molecule has 26 heavy (non-hydrogen) atoms. The molecule has 0 aliphatic carbocycles. The average molecular weight is 369 g/mol. The number of aryl methyl sites for hydroxylation is 1. The van der Waals surface area contributed by atoms with Gasteiger partial charge in [-0.2, -0.15) is 0 Å². The molecule has 134 valence electrons. The van der Waals surface area contributed by atoms with Crippen LogP contribution in [0, 0.1) is 6.92 Å². The van der Waals surface area contributed by atoms with E-state index in [-0.39, 0.29) is 13.2 Å². The fourth-order valence-corrected chi connectivity index (χ4v) is 3.46. The van der Waals surface area contributed by atoms with Gasteiger partial charge in [-0.25, -0.2) is 9.78 Å². The number of fused-ring (bicyclic) bond motifs is 1. The fraction of sp³-hybridized carbons (Fsp3) is 0.211. The van der Waals surface area contributed by atoms with E-state index in [1.807, 2.05) is 24.3 Å². The van der Waals surface area contributed by atoms with Crippen molar-refractivity contribution < 1.29 is 14.3 Å². The third-order valence-electron chi connectivity index (χ3n) is 3.63. The lowest BCUT2D eigenvalue weighted by molar-refractivity contribution is -0.141. The molecule has 7 heteroatoms. The Bertz CT molecular complexity index is 935. The van der Waals surface area contributed by atoms with E-state index in [0.717, 1.165) is 20.8 Å². The number of hydrogen-bond donors (Lipinski definition) is 2. The van der Waals surface area contributed by atoms with Gasteiger partial charge in [0.15, 0.2) is 0 Å². The standard InChI is InChI=1S/C19H19N3O3S/c1-3-25-17(23)11-20-19(24)21-14-7-5-13(6-8-14)18-22-15-9-4-12(2)10-16(15)26-18/h4-10H,3,11H2,1-2H3,(H2,20,21,24). The normalized spacial score (nSPS) is 10.5. The van der Waals surface area contributed by atoms with Gasteiger partial charge >= 0.3 is 12.0 Å². The molecule has 6 nitrogen and oxygen atoms in total. The van der Waals surface area contributed by atoms with Crippen LogP contribution in [0.1, 0.15) is 12.5 Å². The molecule has 3 rings (SSSR count). The zero-order chi connectivity index (χ0) is 18.5. The summed E-state index contributed by atoms with van der Waals surface area (Å²) < 4.78 is 5.91. The largest absolute Gasteiger partial charge is 0.465 e. The summed E-state index contributed by atoms with van der Waals surface area (Å²) in [6.07, 6.45) is 0. The predicted molar refractivity (Wildman–Crippen MR) is 103 cm³/mol. The number of nitrogens with zero attached hydrogens (tertiary/aromatic N) is 1. The number of carbonyl (C=O) groups is 2. The van der Waals surface area contributed by atoms with Crippen molar-refractivity contribution >= 4 is 39.2 Å². The molecular formula is C19H19N3O3S. The van der Waals surface area contributed by atoms with Gasteiger partial charge in [0.2, 0.25) is 0 Å². The van der Waals surface area contributed by atoms with E-state index >= 15 is 0 Å². The molecule has 0 saturated carbocycles. The Morgan fingerprint density at radius 3 is 2.65 bits per heavy atom. The van der Waals surface area contributed by atoms with Crippen molar-refractivity contribution in [2.75, 3.05) is 18.5 Å². The Balaban J connectivity index is 1.64. The van der Waals surface area contributed by atoms with Crippen molar-refractivity contribution in [2.45, 2.75) is 13.8 Å². The number of benzene rings is 2. The molecule has 0 spiro atoms. The summed E-state index contributed by atoms with van der Waals surface area (Å²) in [5, 5.41) is 6.06. The quantitative estimate of drug-likeness (QED) is 0.667. The average Bonchev–Trinajstić information content (AvgIpc) is 3.04. The van der Waals surface area contributed by atoms with Gasteiger partial charge in [-0.15, -0.1) is 11.3 Å². The summed E-state index contributed by atoms with van der Waals surface area (Å²) in [6, 6.07) is 13.2. The first-order chi connectivity index (χ1) is 12.5. The van der Waals surface area contributed by atoms with Crippen LogP contribution in [0.3, 0.4) is 0 Å². The number of carbonyl (C=O) groups excluding carboxylic acids is 2. The summed E-state index contributed by atoms with van der Waals surface area (Å²) in [5.74, 6) is -0.468. The monoisotopic (exact) mass is 369 g/mol. The number of thiazole rings is 1. The van der Waals surface area contributed by atoms with Crippen molar-refractivity contribution in [3.8, 4) is 10.6 Å². The first-order valence-electron chi connectivity index (χ1n) is 8.23. The van der Waals surface area contributed by atoms with Gasteiger partial charge < -0.3 is 15.4 Å². The maximum atomic E-state index is 11.8. The first kappa shape index (κ1) is 17.9. The Morgan fingerprint density at radius 2 is 1.92 bits per heavy atom. The minimum Gasteiger partial charge on any atom is -0.465 e. The lowest BCUT2D eigenvalue weighted by Crippen LogP contribution is -2.34. The van der Waals surface area contributed by atoms with Gasteiger partial charge in [0, 0.05) is 11.3 Å². The number of anilines is 1. The molecule has 0 aliphatic heterocycles. The maximum Gasteiger partial charge on any atom is 0.325 e. The second kappa shape index (κ2) is 7.97. The third kappa shape index (κ3) is 4.37. The Morgan fingerprint density at radius 1 is 1.15 bits per heavy atom. The van der Waals surface area contributed by atoms with Crippen LogP contribution in [0.4, 0.5) is 10.5 Å². The Labute approximate surface area is 155 Å². The number of nitrogens with one attached hydrogen (secondary N) is 2. The van der Waals surface area contributed by atoms with Gasteiger partial charge in [0.05, 0.1) is 16.8 Å². The van der Waals surface area contributed by atoms with E-state index in [1.165, 1.54) is 5.56 Å². The van der Waals surface area contributed by atoms with Crippen molar-refractivity contribution in [3.05, 3.63) is 48.0 Å². The van der Waals surface area contributed by atoms with E-state index in [4.69, 9.17) is 4.74 Å². The van der Waals surface area contributed by atoms with Gasteiger partial charge in [-0.3, -0.25) is 4.79 Å². The van der Waals surface area contributed by atoms with Gasteiger partial charge in [0.25, 0.3) is 0 Å². The highest BCUT2D eigenvalue weighted by atomic mass is 32.1. The number of ether oxygens (including phenoxy) is 1. The molecule has 3 aromatic rings. The van der Waals surface area contributed by atoms with Crippen LogP contribution in [0.15, 0.2) is 42.5 Å². The molecule has 2 N–H and O–H groups in total. The summed E-state index contributed by atoms with van der Waals surface area (Å²) in [7, 11) is 0. The molecule has 0 saturated heterocycles. The molecule has 2 aromatic carbocycles. The summed E-state index contributed by atoms with van der Waals surface area (Å²) in [5.41, 5.74) is 3.81. The topological polar surface area (TPSA) is 80.3 Å². The summed E-state index contributed by atoms with van der Waals surface area (Å²) in [6.45, 7) is 3.90. The van der Waals surface area contributed by atoms with Crippen molar-refractivity contribution in [1.29, 1.82) is 0 Å². The van der Waals surface area contributed by atoms with E-state index < -0.39 is 12.0 Å². The summed E-state index contributed by atoms with van der Waals surface area (Å²) >= 11 is 1.64. The second-order valence-corrected chi connectivity index (χ2v) is 6.71. The Hall–Kier alpha value is -2.93. The van der Waals surface area contributed by atoms with E-state index in [0.29, 0.717) is 5.69 Å². The van der Waals surface area contributed by atoms with Gasteiger partial charge in [0.1, 0.15) is 11.6 Å². The van der Waals surface area contributed by atoms with Gasteiger partial charge in [-0.05, 0) is 55.8 Å². The summed E-state index contributed by atoms with van der Waals surface area (Å²) in [4.78, 5) is 27.7. The minimum absolute atomic E-state index is 0.164. The highest BCUT2D eigenvalue weighted by molar-refractivity contribution is 7.21. The zero-order valence-electron chi connectivity index (χ0n) is 14.5. The number of amides is 2. The van der Waals surface area contributed by atoms with Crippen LogP contribution < -0.4 is 10.6 Å². The molecule has 1 aromatic heterocycles. The van der Waals surface area contributed by atoms with Gasteiger partial charge in [-0.1, -0.05) is 6.07 Å². The van der Waals surface area contributed by atoms with E-state index in [9.17, 15) is 9.59 Å². The highest BCUT2D eigenvalue weighted by Gasteiger charge is 2.08. The van der Waals surface area contributed by atoms with Crippen molar-refractivity contribution in [1.82, 2.24) is 10.3 Å². The lowest BCUT2D eigenvalue weighted by Gasteiger charge is -2.07. The molecule has 0 aliphatic rings. The maximum absolute atomic E-state index is 11.8. The molecule has 1 heterocycles. The molecular weight excluding hydrogens is 350 g/mol. The van der Waals surface area contributed by atoms with Crippen LogP contribution in [-0.4, -0.2) is 30.1 Å². The fourth-order valence-electron chi connectivity index (χ4n) is 2.39. The Kier molecular flexibility index (Phi) is 5.48. The number of urea groups is 1. The highest BCUT2D eigenvalue weighted by Crippen LogP contribution is 2.31. The van der Waals surface area contributed by atoms with E-state index in [2.05, 4.69) is 28.6 Å². The number of esters is 1. The van der Waals surface area contributed by atoms with E-state index in [1.54, 1.807) is 30.4 Å². The smallest absolute Gasteiger partial charge is 0.325 e. The minimum atomic E-state index is -0.468.